The third-order valence-corrected chi connectivity index (χ3v) is 3.31. The lowest BCUT2D eigenvalue weighted by atomic mass is 10.1. The second-order valence-corrected chi connectivity index (χ2v) is 4.60. The van der Waals surface area contributed by atoms with Crippen molar-refractivity contribution in [3.63, 3.8) is 0 Å². The van der Waals surface area contributed by atoms with Gasteiger partial charge in [-0.25, -0.2) is 9.37 Å². The largest absolute Gasteiger partial charge is 0.497 e. The number of halogens is 4. The number of aromatic nitrogens is 2. The number of ether oxygens (including phenoxy) is 1. The van der Waals surface area contributed by atoms with Gasteiger partial charge in [-0.1, -0.05) is 0 Å². The Morgan fingerprint density at radius 1 is 1.09 bits per heavy atom. The number of nitrogens with zero attached hydrogens (tertiary/aromatic N) is 2. The second-order valence-electron chi connectivity index (χ2n) is 4.60. The van der Waals surface area contributed by atoms with E-state index in [2.05, 4.69) is 4.98 Å². The molecular formula is C15H10F4N2O. The first-order chi connectivity index (χ1) is 10.4. The average molecular weight is 310 g/mol. The van der Waals surface area contributed by atoms with Gasteiger partial charge in [0.15, 0.2) is 0 Å². The molecule has 2 heterocycles. The summed E-state index contributed by atoms with van der Waals surface area (Å²) in [4.78, 5) is 3.92. The molecule has 0 N–H and O–H groups in total. The van der Waals surface area contributed by atoms with Crippen molar-refractivity contribution in [1.82, 2.24) is 9.38 Å². The number of fused-ring (bicyclic) bond motifs is 1. The van der Waals surface area contributed by atoms with Crippen LogP contribution in [0.25, 0.3) is 16.8 Å². The van der Waals surface area contributed by atoms with Gasteiger partial charge in [-0.05, 0) is 24.3 Å². The first-order valence-electron chi connectivity index (χ1n) is 6.29. The van der Waals surface area contributed by atoms with E-state index in [0.29, 0.717) is 5.75 Å². The summed E-state index contributed by atoms with van der Waals surface area (Å²) < 4.78 is 58.9. The van der Waals surface area contributed by atoms with Gasteiger partial charge in [0.1, 0.15) is 22.9 Å². The molecule has 2 aromatic heterocycles. The Kier molecular flexibility index (Phi) is 3.27. The van der Waals surface area contributed by atoms with Gasteiger partial charge in [0, 0.05) is 29.6 Å². The molecule has 0 saturated heterocycles. The van der Waals surface area contributed by atoms with Crippen LogP contribution in [0.1, 0.15) is 5.69 Å². The van der Waals surface area contributed by atoms with Crippen molar-refractivity contribution >= 4 is 5.65 Å². The Labute approximate surface area is 122 Å². The predicted octanol–water partition coefficient (Wildman–Crippen LogP) is 4.17. The van der Waals surface area contributed by atoms with Gasteiger partial charge in [-0.15, -0.1) is 0 Å². The summed E-state index contributed by atoms with van der Waals surface area (Å²) in [5.74, 6) is -0.267. The van der Waals surface area contributed by atoms with E-state index >= 15 is 0 Å². The molecule has 3 aromatic rings. The molecule has 3 nitrogen and oxygen atoms in total. The van der Waals surface area contributed by atoms with Gasteiger partial charge in [-0.2, -0.15) is 13.2 Å². The first-order valence-corrected chi connectivity index (χ1v) is 6.29. The number of imidazole rings is 1. The van der Waals surface area contributed by atoms with Crippen molar-refractivity contribution in [1.29, 1.82) is 0 Å². The highest BCUT2D eigenvalue weighted by Gasteiger charge is 2.34. The number of hydrogen-bond acceptors (Lipinski definition) is 2. The Bertz CT molecular complexity index is 839. The fourth-order valence-electron chi connectivity index (χ4n) is 2.30. The Morgan fingerprint density at radius 2 is 1.82 bits per heavy atom. The summed E-state index contributed by atoms with van der Waals surface area (Å²) in [6, 6.07) is 6.29. The van der Waals surface area contributed by atoms with Gasteiger partial charge < -0.3 is 4.74 Å². The number of pyridine rings is 1. The molecular weight excluding hydrogens is 300 g/mol. The minimum Gasteiger partial charge on any atom is -0.497 e. The SMILES string of the molecule is COc1ccc(-c2ccc(C(F)(F)F)n3ccnc23)c(F)c1. The molecule has 0 saturated carbocycles. The zero-order valence-corrected chi connectivity index (χ0v) is 11.4. The minimum atomic E-state index is -4.52. The molecule has 0 fully saturated rings. The van der Waals surface area contributed by atoms with Gasteiger partial charge in [0.25, 0.3) is 0 Å². The van der Waals surface area contributed by atoms with E-state index in [9.17, 15) is 17.6 Å². The van der Waals surface area contributed by atoms with E-state index in [4.69, 9.17) is 4.74 Å². The summed E-state index contributed by atoms with van der Waals surface area (Å²) in [6.07, 6.45) is -2.07. The minimum absolute atomic E-state index is 0.0406. The molecule has 0 amide bonds. The van der Waals surface area contributed by atoms with Gasteiger partial charge in [0.05, 0.1) is 7.11 Å². The quantitative estimate of drug-likeness (QED) is 0.664. The molecule has 0 radical (unpaired) electrons. The normalized spacial score (nSPS) is 11.9. The molecule has 0 aliphatic rings. The predicted molar refractivity (Wildman–Crippen MR) is 72.1 cm³/mol. The van der Waals surface area contributed by atoms with Crippen molar-refractivity contribution in [2.75, 3.05) is 7.11 Å². The van der Waals surface area contributed by atoms with E-state index in [1.165, 1.54) is 43.8 Å². The third-order valence-electron chi connectivity index (χ3n) is 3.31. The number of rotatable bonds is 2. The summed E-state index contributed by atoms with van der Waals surface area (Å²) >= 11 is 0. The van der Waals surface area contributed by atoms with Crippen LogP contribution in [0.3, 0.4) is 0 Å². The van der Waals surface area contributed by atoms with Crippen molar-refractivity contribution < 1.29 is 22.3 Å². The van der Waals surface area contributed by atoms with E-state index in [1.54, 1.807) is 0 Å². The Balaban J connectivity index is 2.23. The lowest BCUT2D eigenvalue weighted by Gasteiger charge is -2.12. The maximum Gasteiger partial charge on any atom is 0.431 e. The van der Waals surface area contributed by atoms with Crippen LogP contribution in [0.2, 0.25) is 0 Å². The molecule has 3 rings (SSSR count). The van der Waals surface area contributed by atoms with Crippen molar-refractivity contribution in [3.05, 3.63) is 54.2 Å². The van der Waals surface area contributed by atoms with E-state index in [-0.39, 0.29) is 16.8 Å². The molecule has 0 unspecified atom stereocenters. The molecule has 114 valence electrons. The first kappa shape index (κ1) is 14.4. The second kappa shape index (κ2) is 5.01. The number of hydrogen-bond donors (Lipinski definition) is 0. The van der Waals surface area contributed by atoms with Gasteiger partial charge in [-0.3, -0.25) is 4.40 Å². The fraction of sp³-hybridized carbons (Fsp3) is 0.133. The van der Waals surface area contributed by atoms with Crippen LogP contribution in [0.15, 0.2) is 42.7 Å². The topological polar surface area (TPSA) is 26.5 Å². The maximum absolute atomic E-state index is 14.2. The summed E-state index contributed by atoms with van der Waals surface area (Å²) in [6.45, 7) is 0. The average Bonchev–Trinajstić information content (AvgIpc) is 2.94. The summed E-state index contributed by atoms with van der Waals surface area (Å²) in [5, 5.41) is 0. The van der Waals surface area contributed by atoms with Crippen LogP contribution in [0, 0.1) is 5.82 Å². The zero-order valence-electron chi connectivity index (χ0n) is 11.4. The highest BCUT2D eigenvalue weighted by molar-refractivity contribution is 5.78. The van der Waals surface area contributed by atoms with Crippen LogP contribution < -0.4 is 4.74 Å². The standard InChI is InChI=1S/C15H10F4N2O/c1-22-9-2-3-10(12(16)8-9)11-4-5-13(15(17,18)19)21-7-6-20-14(11)21/h2-8H,1H3. The molecule has 0 atom stereocenters. The summed E-state index contributed by atoms with van der Waals surface area (Å²) in [7, 11) is 1.40. The molecule has 0 aliphatic carbocycles. The van der Waals surface area contributed by atoms with Gasteiger partial charge >= 0.3 is 6.18 Å². The molecule has 7 heteroatoms. The lowest BCUT2D eigenvalue weighted by molar-refractivity contribution is -0.142. The van der Waals surface area contributed by atoms with Crippen LogP contribution >= 0.6 is 0 Å². The van der Waals surface area contributed by atoms with Crippen LogP contribution in [-0.2, 0) is 6.18 Å². The van der Waals surface area contributed by atoms with Crippen LogP contribution in [0.5, 0.6) is 5.75 Å². The molecule has 0 aliphatic heterocycles. The number of alkyl halides is 3. The Hall–Kier alpha value is -2.57. The maximum atomic E-state index is 14.2. The Morgan fingerprint density at radius 3 is 2.45 bits per heavy atom. The zero-order chi connectivity index (χ0) is 15.9. The summed E-state index contributed by atoms with van der Waals surface area (Å²) in [5.41, 5.74) is -0.388. The molecule has 0 bridgehead atoms. The van der Waals surface area contributed by atoms with Crippen molar-refractivity contribution in [2.45, 2.75) is 6.18 Å². The smallest absolute Gasteiger partial charge is 0.431 e. The van der Waals surface area contributed by atoms with Crippen molar-refractivity contribution in [3.8, 4) is 16.9 Å². The molecule has 1 aromatic carbocycles. The van der Waals surface area contributed by atoms with Crippen molar-refractivity contribution in [2.24, 2.45) is 0 Å². The highest BCUT2D eigenvalue weighted by atomic mass is 19.4. The lowest BCUT2D eigenvalue weighted by Crippen LogP contribution is -2.11. The monoisotopic (exact) mass is 310 g/mol. The van der Waals surface area contributed by atoms with Crippen LogP contribution in [0.4, 0.5) is 17.6 Å². The van der Waals surface area contributed by atoms with Gasteiger partial charge in [0.2, 0.25) is 0 Å². The number of benzene rings is 1. The fourth-order valence-corrected chi connectivity index (χ4v) is 2.30. The third kappa shape index (κ3) is 2.28. The van der Waals surface area contributed by atoms with E-state index < -0.39 is 17.7 Å². The molecule has 22 heavy (non-hydrogen) atoms. The van der Waals surface area contributed by atoms with Crippen LogP contribution in [-0.4, -0.2) is 16.5 Å². The molecule has 0 spiro atoms. The number of methoxy groups -OCH3 is 1. The van der Waals surface area contributed by atoms with E-state index in [0.717, 1.165) is 10.5 Å². The highest BCUT2D eigenvalue weighted by Crippen LogP contribution is 2.34. The van der Waals surface area contributed by atoms with E-state index in [1.807, 2.05) is 0 Å².